The van der Waals surface area contributed by atoms with E-state index in [1.165, 1.54) is 4.41 Å². The number of aryl methyl sites for hydroxylation is 1. The zero-order valence-electron chi connectivity index (χ0n) is 12.6. The first kappa shape index (κ1) is 14.8. The molecule has 0 aromatic heterocycles. The van der Waals surface area contributed by atoms with Crippen LogP contribution in [-0.2, 0) is 10.0 Å². The highest BCUT2D eigenvalue weighted by Crippen LogP contribution is 2.27. The topological polar surface area (TPSA) is 49.7 Å². The first-order valence-corrected chi connectivity index (χ1v) is 8.66. The molecule has 0 N–H and O–H groups in total. The fraction of sp³-hybridized carbons (Fsp3) is 0.235. The summed E-state index contributed by atoms with van der Waals surface area (Å²) in [5, 5.41) is 4.37. The van der Waals surface area contributed by atoms with Crippen molar-refractivity contribution in [3.05, 3.63) is 65.7 Å². The van der Waals surface area contributed by atoms with E-state index in [-0.39, 0.29) is 10.9 Å². The Bertz CT molecular complexity index is 796. The second-order valence-corrected chi connectivity index (χ2v) is 7.35. The first-order chi connectivity index (χ1) is 10.5. The molecular formula is C17H18N2O2S. The Hall–Kier alpha value is -2.14. The van der Waals surface area contributed by atoms with Crippen molar-refractivity contribution < 1.29 is 8.42 Å². The highest BCUT2D eigenvalue weighted by molar-refractivity contribution is 7.89. The van der Waals surface area contributed by atoms with E-state index in [9.17, 15) is 8.42 Å². The molecule has 0 spiro atoms. The van der Waals surface area contributed by atoms with E-state index in [4.69, 9.17) is 0 Å². The van der Waals surface area contributed by atoms with Gasteiger partial charge in [-0.1, -0.05) is 48.0 Å². The van der Waals surface area contributed by atoms with E-state index in [1.807, 2.05) is 44.2 Å². The minimum absolute atomic E-state index is 0.179. The largest absolute Gasteiger partial charge is 0.279 e. The van der Waals surface area contributed by atoms with Crippen LogP contribution in [0, 0.1) is 6.92 Å². The summed E-state index contributed by atoms with van der Waals surface area (Å²) in [6, 6.07) is 16.4. The van der Waals surface area contributed by atoms with Crippen molar-refractivity contribution >= 4 is 15.7 Å². The summed E-state index contributed by atoms with van der Waals surface area (Å²) in [6.07, 6.45) is 0.620. The average Bonchev–Trinajstić information content (AvgIpc) is 2.91. The zero-order valence-corrected chi connectivity index (χ0v) is 13.4. The van der Waals surface area contributed by atoms with E-state index in [0.29, 0.717) is 6.42 Å². The van der Waals surface area contributed by atoms with E-state index < -0.39 is 10.0 Å². The van der Waals surface area contributed by atoms with E-state index in [0.717, 1.165) is 16.8 Å². The number of hydrazone groups is 1. The molecule has 1 aliphatic heterocycles. The Morgan fingerprint density at radius 2 is 1.68 bits per heavy atom. The summed E-state index contributed by atoms with van der Waals surface area (Å²) < 4.78 is 26.7. The molecule has 1 heterocycles. The molecule has 3 rings (SSSR count). The Labute approximate surface area is 131 Å². The van der Waals surface area contributed by atoms with Crippen LogP contribution in [0.5, 0.6) is 0 Å². The van der Waals surface area contributed by atoms with Gasteiger partial charge in [0, 0.05) is 6.42 Å². The van der Waals surface area contributed by atoms with Crippen molar-refractivity contribution in [3.63, 3.8) is 0 Å². The van der Waals surface area contributed by atoms with Crippen molar-refractivity contribution in [2.24, 2.45) is 5.10 Å². The molecule has 22 heavy (non-hydrogen) atoms. The van der Waals surface area contributed by atoms with Gasteiger partial charge in [0.25, 0.3) is 10.0 Å². The van der Waals surface area contributed by atoms with Gasteiger partial charge in [-0.05, 0) is 31.5 Å². The molecule has 1 unspecified atom stereocenters. The minimum Gasteiger partial charge on any atom is -0.200 e. The van der Waals surface area contributed by atoms with Crippen LogP contribution in [0.3, 0.4) is 0 Å². The predicted molar refractivity (Wildman–Crippen MR) is 87.3 cm³/mol. The average molecular weight is 314 g/mol. The van der Waals surface area contributed by atoms with E-state index >= 15 is 0 Å². The van der Waals surface area contributed by atoms with Gasteiger partial charge in [-0.3, -0.25) is 0 Å². The molecule has 1 aliphatic rings. The van der Waals surface area contributed by atoms with Gasteiger partial charge in [0.15, 0.2) is 0 Å². The fourth-order valence-corrected chi connectivity index (χ4v) is 3.98. The predicted octanol–water partition coefficient (Wildman–Crippen LogP) is 3.18. The molecule has 0 aliphatic carbocycles. The molecule has 2 aromatic rings. The third kappa shape index (κ3) is 2.64. The number of benzene rings is 2. The Kier molecular flexibility index (Phi) is 3.74. The quantitative estimate of drug-likeness (QED) is 0.873. The van der Waals surface area contributed by atoms with Crippen molar-refractivity contribution in [1.82, 2.24) is 4.41 Å². The lowest BCUT2D eigenvalue weighted by molar-refractivity contribution is 0.384. The third-order valence-electron chi connectivity index (χ3n) is 3.76. The summed E-state index contributed by atoms with van der Waals surface area (Å²) in [5.41, 5.74) is 2.81. The van der Waals surface area contributed by atoms with Crippen molar-refractivity contribution in [2.75, 3.05) is 0 Å². The van der Waals surface area contributed by atoms with Gasteiger partial charge in [0.05, 0.1) is 16.6 Å². The monoisotopic (exact) mass is 314 g/mol. The fourth-order valence-electron chi connectivity index (χ4n) is 2.53. The van der Waals surface area contributed by atoms with Crippen molar-refractivity contribution in [3.8, 4) is 0 Å². The van der Waals surface area contributed by atoms with Crippen LogP contribution in [0.1, 0.15) is 24.5 Å². The second kappa shape index (κ2) is 5.57. The highest BCUT2D eigenvalue weighted by atomic mass is 32.2. The van der Waals surface area contributed by atoms with Crippen LogP contribution in [0.2, 0.25) is 0 Å². The van der Waals surface area contributed by atoms with Crippen LogP contribution in [0.25, 0.3) is 0 Å². The number of nitrogens with zero attached hydrogens (tertiary/aromatic N) is 2. The molecule has 114 valence electrons. The molecule has 1 atom stereocenters. The lowest BCUT2D eigenvalue weighted by Gasteiger charge is -2.19. The first-order valence-electron chi connectivity index (χ1n) is 7.22. The second-order valence-electron chi connectivity index (χ2n) is 5.56. The lowest BCUT2D eigenvalue weighted by Crippen LogP contribution is -2.30. The molecular weight excluding hydrogens is 296 g/mol. The van der Waals surface area contributed by atoms with Crippen molar-refractivity contribution in [1.29, 1.82) is 0 Å². The maximum absolute atomic E-state index is 12.8. The normalized spacial score (nSPS) is 18.4. The molecule has 0 radical (unpaired) electrons. The van der Waals surface area contributed by atoms with Gasteiger partial charge >= 0.3 is 0 Å². The van der Waals surface area contributed by atoms with Gasteiger partial charge < -0.3 is 0 Å². The minimum atomic E-state index is -3.60. The number of rotatable bonds is 3. The van der Waals surface area contributed by atoms with Crippen LogP contribution in [0.15, 0.2) is 64.6 Å². The molecule has 5 heteroatoms. The van der Waals surface area contributed by atoms with E-state index in [1.54, 1.807) is 24.3 Å². The zero-order chi connectivity index (χ0) is 15.7. The van der Waals surface area contributed by atoms with E-state index in [2.05, 4.69) is 5.10 Å². The van der Waals surface area contributed by atoms with Crippen LogP contribution < -0.4 is 0 Å². The summed E-state index contributed by atoms with van der Waals surface area (Å²) in [7, 11) is -3.60. The summed E-state index contributed by atoms with van der Waals surface area (Å²) in [6.45, 7) is 3.81. The standard InChI is InChI=1S/C17H18N2O2S/c1-13-8-10-16(11-9-13)22(20,21)19-14(2)12-17(18-19)15-6-4-3-5-7-15/h3-11,14H,12H2,1-2H3. The summed E-state index contributed by atoms with van der Waals surface area (Å²) >= 11 is 0. The highest BCUT2D eigenvalue weighted by Gasteiger charge is 2.33. The smallest absolute Gasteiger partial charge is 0.200 e. The number of sulfonamides is 1. The molecule has 0 amide bonds. The Morgan fingerprint density at radius 1 is 1.05 bits per heavy atom. The Balaban J connectivity index is 1.97. The van der Waals surface area contributed by atoms with Crippen LogP contribution in [0.4, 0.5) is 0 Å². The molecule has 4 nitrogen and oxygen atoms in total. The van der Waals surface area contributed by atoms with Gasteiger partial charge in [-0.2, -0.15) is 17.9 Å². The van der Waals surface area contributed by atoms with Crippen LogP contribution >= 0.6 is 0 Å². The maximum Gasteiger partial charge on any atom is 0.279 e. The molecule has 0 bridgehead atoms. The molecule has 0 fully saturated rings. The third-order valence-corrected chi connectivity index (χ3v) is 5.56. The Morgan fingerprint density at radius 3 is 2.32 bits per heavy atom. The molecule has 0 saturated carbocycles. The lowest BCUT2D eigenvalue weighted by atomic mass is 10.1. The van der Waals surface area contributed by atoms with Gasteiger partial charge in [0.2, 0.25) is 0 Å². The molecule has 0 saturated heterocycles. The summed E-state index contributed by atoms with van der Waals surface area (Å²) in [5.74, 6) is 0. The maximum atomic E-state index is 12.8. The number of hydrogen-bond acceptors (Lipinski definition) is 3. The SMILES string of the molecule is Cc1ccc(S(=O)(=O)N2N=C(c3ccccc3)CC2C)cc1. The van der Waals surface area contributed by atoms with Gasteiger partial charge in [-0.25, -0.2) is 0 Å². The van der Waals surface area contributed by atoms with Gasteiger partial charge in [0.1, 0.15) is 0 Å². The van der Waals surface area contributed by atoms with Gasteiger partial charge in [-0.15, -0.1) is 0 Å². The molecule has 2 aromatic carbocycles. The van der Waals surface area contributed by atoms with Crippen LogP contribution in [-0.4, -0.2) is 24.6 Å². The van der Waals surface area contributed by atoms with Crippen molar-refractivity contribution in [2.45, 2.75) is 31.2 Å². The number of hydrogen-bond donors (Lipinski definition) is 0. The summed E-state index contributed by atoms with van der Waals surface area (Å²) in [4.78, 5) is 0.281.